The van der Waals surface area contributed by atoms with Gasteiger partial charge >= 0.3 is 0 Å². The Morgan fingerprint density at radius 1 is 1.17 bits per heavy atom. The van der Waals surface area contributed by atoms with Crippen molar-refractivity contribution >= 4 is 29.9 Å². The zero-order valence-corrected chi connectivity index (χ0v) is 20.1. The first-order valence-corrected chi connectivity index (χ1v) is 10.2. The Hall–Kier alpha value is -1.84. The number of aryl methyl sites for hydroxylation is 1. The Labute approximate surface area is 190 Å². The van der Waals surface area contributed by atoms with Crippen molar-refractivity contribution in [1.82, 2.24) is 25.4 Å². The average Bonchev–Trinajstić information content (AvgIpc) is 3.13. The molecule has 0 radical (unpaired) electrons. The molecule has 1 atom stereocenters. The summed E-state index contributed by atoms with van der Waals surface area (Å²) in [6.07, 6.45) is 3.42. The molecule has 1 unspecified atom stereocenters. The van der Waals surface area contributed by atoms with Crippen LogP contribution in [0.1, 0.15) is 56.9 Å². The largest absolute Gasteiger partial charge is 0.493 e. The maximum Gasteiger partial charge on any atom is 0.191 e. The highest BCUT2D eigenvalue weighted by Gasteiger charge is 2.16. The SMILES string of the molecule is CN=C(NCc1nnc2n1CCCC2)NC(C)c1ccc(OCC(C)C)cc1.I. The third-order valence-corrected chi connectivity index (χ3v) is 4.89. The molecule has 0 aliphatic carbocycles. The third kappa shape index (κ3) is 6.58. The van der Waals surface area contributed by atoms with Crippen molar-refractivity contribution in [3.05, 3.63) is 41.5 Å². The lowest BCUT2D eigenvalue weighted by Crippen LogP contribution is -2.38. The topological polar surface area (TPSA) is 76.4 Å². The normalized spacial score (nSPS) is 14.7. The standard InChI is InChI=1S/C21H32N6O.HI/c1-15(2)14-28-18-10-8-17(9-11-18)16(3)24-21(22-4)23-13-20-26-25-19-7-5-6-12-27(19)20;/h8-11,15-16H,5-7,12-14H2,1-4H3,(H2,22,23,24);1H. The summed E-state index contributed by atoms with van der Waals surface area (Å²) in [4.78, 5) is 4.34. The van der Waals surface area contributed by atoms with Crippen molar-refractivity contribution in [2.24, 2.45) is 10.9 Å². The monoisotopic (exact) mass is 512 g/mol. The van der Waals surface area contributed by atoms with Crippen molar-refractivity contribution < 1.29 is 4.74 Å². The molecule has 2 aromatic rings. The molecular weight excluding hydrogens is 479 g/mol. The van der Waals surface area contributed by atoms with Crippen LogP contribution >= 0.6 is 24.0 Å². The molecular formula is C21H33IN6O. The molecule has 2 heterocycles. The molecule has 160 valence electrons. The van der Waals surface area contributed by atoms with Crippen molar-refractivity contribution in [1.29, 1.82) is 0 Å². The van der Waals surface area contributed by atoms with Gasteiger partial charge in [-0.05, 0) is 43.4 Å². The first-order chi connectivity index (χ1) is 13.6. The van der Waals surface area contributed by atoms with E-state index in [9.17, 15) is 0 Å². The van der Waals surface area contributed by atoms with E-state index in [1.807, 2.05) is 12.1 Å². The van der Waals surface area contributed by atoms with Crippen molar-refractivity contribution in [3.8, 4) is 5.75 Å². The number of rotatable bonds is 7. The molecule has 1 aliphatic rings. The third-order valence-electron chi connectivity index (χ3n) is 4.89. The second-order valence-corrected chi connectivity index (χ2v) is 7.71. The molecule has 0 saturated heterocycles. The van der Waals surface area contributed by atoms with Gasteiger partial charge in [0.05, 0.1) is 19.2 Å². The lowest BCUT2D eigenvalue weighted by Gasteiger charge is -2.19. The lowest BCUT2D eigenvalue weighted by atomic mass is 10.1. The first-order valence-electron chi connectivity index (χ1n) is 10.2. The second-order valence-electron chi connectivity index (χ2n) is 7.71. The van der Waals surface area contributed by atoms with E-state index in [1.54, 1.807) is 7.05 Å². The van der Waals surface area contributed by atoms with E-state index in [1.165, 1.54) is 18.4 Å². The van der Waals surface area contributed by atoms with Crippen LogP contribution in [0, 0.1) is 5.92 Å². The van der Waals surface area contributed by atoms with Crippen LogP contribution < -0.4 is 15.4 Å². The molecule has 0 saturated carbocycles. The molecule has 0 spiro atoms. The number of fused-ring (bicyclic) bond motifs is 1. The smallest absolute Gasteiger partial charge is 0.191 e. The highest BCUT2D eigenvalue weighted by Crippen LogP contribution is 2.18. The van der Waals surface area contributed by atoms with Crippen LogP contribution in [0.4, 0.5) is 0 Å². The minimum Gasteiger partial charge on any atom is -0.493 e. The van der Waals surface area contributed by atoms with Gasteiger partial charge in [-0.2, -0.15) is 0 Å². The van der Waals surface area contributed by atoms with E-state index in [0.29, 0.717) is 12.5 Å². The van der Waals surface area contributed by atoms with Crippen molar-refractivity contribution in [2.75, 3.05) is 13.7 Å². The fourth-order valence-corrected chi connectivity index (χ4v) is 3.26. The van der Waals surface area contributed by atoms with Gasteiger partial charge < -0.3 is 19.9 Å². The summed E-state index contributed by atoms with van der Waals surface area (Å²) in [7, 11) is 1.78. The van der Waals surface area contributed by atoms with Gasteiger partial charge in [-0.3, -0.25) is 4.99 Å². The van der Waals surface area contributed by atoms with E-state index in [-0.39, 0.29) is 30.0 Å². The quantitative estimate of drug-likeness (QED) is 0.336. The molecule has 8 heteroatoms. The molecule has 0 amide bonds. The summed E-state index contributed by atoms with van der Waals surface area (Å²) in [5.74, 6) is 4.24. The summed E-state index contributed by atoms with van der Waals surface area (Å²) in [6.45, 7) is 8.77. The van der Waals surface area contributed by atoms with Gasteiger partial charge in [0.15, 0.2) is 11.8 Å². The van der Waals surface area contributed by atoms with E-state index in [4.69, 9.17) is 4.74 Å². The van der Waals surface area contributed by atoms with Gasteiger partial charge in [0.1, 0.15) is 11.6 Å². The van der Waals surface area contributed by atoms with Crippen LogP contribution in [0.5, 0.6) is 5.75 Å². The maximum absolute atomic E-state index is 5.76. The number of aliphatic imine (C=N–C) groups is 1. The number of halogens is 1. The average molecular weight is 512 g/mol. The van der Waals surface area contributed by atoms with E-state index < -0.39 is 0 Å². The van der Waals surface area contributed by atoms with Gasteiger partial charge in [0, 0.05) is 20.0 Å². The molecule has 29 heavy (non-hydrogen) atoms. The van der Waals surface area contributed by atoms with Crippen LogP contribution in [0.15, 0.2) is 29.3 Å². The zero-order chi connectivity index (χ0) is 19.9. The van der Waals surface area contributed by atoms with Crippen molar-refractivity contribution in [2.45, 2.75) is 59.2 Å². The van der Waals surface area contributed by atoms with E-state index in [2.05, 4.69) is 63.3 Å². The maximum atomic E-state index is 5.76. The van der Waals surface area contributed by atoms with Crippen LogP contribution in [0.25, 0.3) is 0 Å². The Morgan fingerprint density at radius 3 is 2.62 bits per heavy atom. The number of hydrogen-bond donors (Lipinski definition) is 2. The molecule has 1 aromatic heterocycles. The minimum atomic E-state index is 0. The zero-order valence-electron chi connectivity index (χ0n) is 17.8. The molecule has 7 nitrogen and oxygen atoms in total. The summed E-state index contributed by atoms with van der Waals surface area (Å²) >= 11 is 0. The van der Waals surface area contributed by atoms with Crippen LogP contribution in [0.3, 0.4) is 0 Å². The Balaban J connectivity index is 0.00000300. The summed E-state index contributed by atoms with van der Waals surface area (Å²) in [5, 5.41) is 15.4. The van der Waals surface area contributed by atoms with Crippen molar-refractivity contribution in [3.63, 3.8) is 0 Å². The van der Waals surface area contributed by atoms with Gasteiger partial charge in [0.25, 0.3) is 0 Å². The Bertz CT molecular complexity index is 787. The van der Waals surface area contributed by atoms with E-state index in [0.717, 1.165) is 42.9 Å². The van der Waals surface area contributed by atoms with Gasteiger partial charge in [-0.15, -0.1) is 34.2 Å². The van der Waals surface area contributed by atoms with E-state index >= 15 is 0 Å². The summed E-state index contributed by atoms with van der Waals surface area (Å²) < 4.78 is 7.98. The molecule has 0 fully saturated rings. The number of guanidine groups is 1. The fourth-order valence-electron chi connectivity index (χ4n) is 3.26. The highest BCUT2D eigenvalue weighted by atomic mass is 127. The molecule has 1 aliphatic heterocycles. The highest BCUT2D eigenvalue weighted by molar-refractivity contribution is 14.0. The van der Waals surface area contributed by atoms with Gasteiger partial charge in [-0.1, -0.05) is 26.0 Å². The first kappa shape index (κ1) is 23.4. The molecule has 0 bridgehead atoms. The number of ether oxygens (including phenoxy) is 1. The number of nitrogens with zero attached hydrogens (tertiary/aromatic N) is 4. The van der Waals surface area contributed by atoms with Gasteiger partial charge in [0.2, 0.25) is 0 Å². The predicted molar refractivity (Wildman–Crippen MR) is 127 cm³/mol. The van der Waals surface area contributed by atoms with Crippen LogP contribution in [-0.4, -0.2) is 34.4 Å². The Kier molecular flexibility index (Phi) is 9.19. The predicted octanol–water partition coefficient (Wildman–Crippen LogP) is 3.69. The number of benzene rings is 1. The Morgan fingerprint density at radius 2 is 1.93 bits per heavy atom. The lowest BCUT2D eigenvalue weighted by molar-refractivity contribution is 0.271. The van der Waals surface area contributed by atoms with Gasteiger partial charge in [-0.25, -0.2) is 0 Å². The second kappa shape index (κ2) is 11.4. The minimum absolute atomic E-state index is 0. The van der Waals surface area contributed by atoms with Crippen LogP contribution in [-0.2, 0) is 19.5 Å². The number of aromatic nitrogens is 3. The number of nitrogens with one attached hydrogen (secondary N) is 2. The fraction of sp³-hybridized carbons (Fsp3) is 0.571. The summed E-state index contributed by atoms with van der Waals surface area (Å²) in [5.41, 5.74) is 1.18. The molecule has 3 rings (SSSR count). The summed E-state index contributed by atoms with van der Waals surface area (Å²) in [6, 6.07) is 8.35. The van der Waals surface area contributed by atoms with Crippen LogP contribution in [0.2, 0.25) is 0 Å². The molecule has 2 N–H and O–H groups in total. The number of hydrogen-bond acceptors (Lipinski definition) is 4. The molecule has 1 aromatic carbocycles.